The molecule has 2 aliphatic rings. The fourth-order valence-corrected chi connectivity index (χ4v) is 3.53. The number of carbonyl (C=O) groups is 3. The maximum atomic E-state index is 12.6. The molecule has 0 aliphatic carbocycles. The van der Waals surface area contributed by atoms with Crippen molar-refractivity contribution in [1.82, 2.24) is 9.80 Å². The van der Waals surface area contributed by atoms with Gasteiger partial charge in [0.15, 0.2) is 0 Å². The van der Waals surface area contributed by atoms with Gasteiger partial charge in [0.2, 0.25) is 5.91 Å². The molecule has 1 unspecified atom stereocenters. The molecule has 2 heterocycles. The Labute approximate surface area is 145 Å². The topological polar surface area (TPSA) is 57.7 Å². The van der Waals surface area contributed by atoms with Gasteiger partial charge < -0.3 is 4.90 Å². The lowest BCUT2D eigenvalue weighted by Gasteiger charge is -2.34. The molecule has 2 rings (SSSR count). The van der Waals surface area contributed by atoms with E-state index in [1.807, 2.05) is 4.90 Å². The normalized spacial score (nSPS) is 20.3. The van der Waals surface area contributed by atoms with Crippen molar-refractivity contribution >= 4 is 17.7 Å². The minimum atomic E-state index is -0.338. The summed E-state index contributed by atoms with van der Waals surface area (Å²) in [6, 6.07) is 0. The molecular formula is C19H30N2O3. The third-order valence-electron chi connectivity index (χ3n) is 5.10. The van der Waals surface area contributed by atoms with Crippen LogP contribution in [0.4, 0.5) is 0 Å². The molecular weight excluding hydrogens is 304 g/mol. The smallest absolute Gasteiger partial charge is 0.253 e. The highest BCUT2D eigenvalue weighted by atomic mass is 16.2. The molecule has 0 saturated carbocycles. The zero-order valence-electron chi connectivity index (χ0n) is 15.2. The first-order chi connectivity index (χ1) is 11.4. The van der Waals surface area contributed by atoms with Crippen LogP contribution in [0.5, 0.6) is 0 Å². The molecule has 0 bridgehead atoms. The lowest BCUT2D eigenvalue weighted by molar-refractivity contribution is -0.141. The summed E-state index contributed by atoms with van der Waals surface area (Å²) in [5.74, 6) is 0.581. The van der Waals surface area contributed by atoms with Crippen molar-refractivity contribution in [3.63, 3.8) is 0 Å². The predicted octanol–water partition coefficient (Wildman–Crippen LogP) is 2.61. The van der Waals surface area contributed by atoms with E-state index in [0.717, 1.165) is 42.7 Å². The largest absolute Gasteiger partial charge is 0.342 e. The van der Waals surface area contributed by atoms with E-state index in [0.29, 0.717) is 0 Å². The lowest BCUT2D eigenvalue weighted by Crippen LogP contribution is -2.45. The van der Waals surface area contributed by atoms with Crippen LogP contribution in [0.15, 0.2) is 12.2 Å². The van der Waals surface area contributed by atoms with Crippen molar-refractivity contribution in [2.75, 3.05) is 19.6 Å². The van der Waals surface area contributed by atoms with Gasteiger partial charge in [-0.05, 0) is 24.7 Å². The Bertz CT molecular complexity index is 487. The molecule has 0 aromatic carbocycles. The number of hydrogen-bond donors (Lipinski definition) is 0. The molecule has 0 spiro atoms. The van der Waals surface area contributed by atoms with Crippen LogP contribution in [-0.4, -0.2) is 47.2 Å². The van der Waals surface area contributed by atoms with Crippen molar-refractivity contribution in [3.8, 4) is 0 Å². The van der Waals surface area contributed by atoms with Crippen molar-refractivity contribution in [2.45, 2.75) is 52.9 Å². The molecule has 1 saturated heterocycles. The summed E-state index contributed by atoms with van der Waals surface area (Å²) in [5.41, 5.74) is 0. The molecule has 2 aliphatic heterocycles. The van der Waals surface area contributed by atoms with E-state index in [9.17, 15) is 14.4 Å². The van der Waals surface area contributed by atoms with Crippen LogP contribution >= 0.6 is 0 Å². The summed E-state index contributed by atoms with van der Waals surface area (Å²) in [6.45, 7) is 8.10. The minimum absolute atomic E-state index is 0.0585. The van der Waals surface area contributed by atoms with E-state index in [4.69, 9.17) is 0 Å². The van der Waals surface area contributed by atoms with Crippen LogP contribution in [-0.2, 0) is 14.4 Å². The molecule has 1 fully saturated rings. The Morgan fingerprint density at radius 1 is 1.12 bits per heavy atom. The second-order valence-corrected chi connectivity index (χ2v) is 7.61. The summed E-state index contributed by atoms with van der Waals surface area (Å²) in [4.78, 5) is 38.8. The predicted molar refractivity (Wildman–Crippen MR) is 93.0 cm³/mol. The van der Waals surface area contributed by atoms with Crippen molar-refractivity contribution in [3.05, 3.63) is 12.2 Å². The maximum absolute atomic E-state index is 12.6. The van der Waals surface area contributed by atoms with Crippen molar-refractivity contribution in [2.24, 2.45) is 17.8 Å². The summed E-state index contributed by atoms with van der Waals surface area (Å²) in [6.07, 6.45) is 8.49. The number of hydrogen-bond acceptors (Lipinski definition) is 3. The van der Waals surface area contributed by atoms with Crippen LogP contribution in [0.25, 0.3) is 0 Å². The van der Waals surface area contributed by atoms with E-state index >= 15 is 0 Å². The Morgan fingerprint density at radius 3 is 2.25 bits per heavy atom. The molecule has 24 heavy (non-hydrogen) atoms. The first kappa shape index (κ1) is 18.7. The average molecular weight is 334 g/mol. The second kappa shape index (κ2) is 8.45. The van der Waals surface area contributed by atoms with Crippen LogP contribution in [0.2, 0.25) is 0 Å². The minimum Gasteiger partial charge on any atom is -0.342 e. The van der Waals surface area contributed by atoms with Crippen LogP contribution in [0.3, 0.4) is 0 Å². The Kier molecular flexibility index (Phi) is 6.58. The molecule has 3 amide bonds. The van der Waals surface area contributed by atoms with E-state index < -0.39 is 0 Å². The number of piperidine rings is 1. The third kappa shape index (κ3) is 4.92. The fourth-order valence-electron chi connectivity index (χ4n) is 3.53. The van der Waals surface area contributed by atoms with Gasteiger partial charge in [-0.1, -0.05) is 40.0 Å². The second-order valence-electron chi connectivity index (χ2n) is 7.61. The standard InChI is InChI=1S/C19H30N2O3/c1-14(2)5-4-6-16-9-11-20(12-10-16)19(24)15(3)13-21-17(22)7-8-18(21)23/h7-8,14-16H,4-6,9-13H2,1-3H3. The summed E-state index contributed by atoms with van der Waals surface area (Å²) in [7, 11) is 0. The highest BCUT2D eigenvalue weighted by Crippen LogP contribution is 2.24. The zero-order valence-corrected chi connectivity index (χ0v) is 15.2. The van der Waals surface area contributed by atoms with E-state index in [1.54, 1.807) is 6.92 Å². The van der Waals surface area contributed by atoms with Crippen molar-refractivity contribution < 1.29 is 14.4 Å². The van der Waals surface area contributed by atoms with Crippen LogP contribution in [0, 0.1) is 17.8 Å². The summed E-state index contributed by atoms with van der Waals surface area (Å²) in [5, 5.41) is 0. The molecule has 5 heteroatoms. The number of nitrogens with zero attached hydrogens (tertiary/aromatic N) is 2. The molecule has 5 nitrogen and oxygen atoms in total. The first-order valence-corrected chi connectivity index (χ1v) is 9.20. The molecule has 0 radical (unpaired) electrons. The van der Waals surface area contributed by atoms with Crippen LogP contribution < -0.4 is 0 Å². The third-order valence-corrected chi connectivity index (χ3v) is 5.10. The quantitative estimate of drug-likeness (QED) is 0.673. The summed E-state index contributed by atoms with van der Waals surface area (Å²) < 4.78 is 0. The van der Waals surface area contributed by atoms with Gasteiger partial charge in [-0.3, -0.25) is 19.3 Å². The molecule has 1 atom stereocenters. The van der Waals surface area contributed by atoms with E-state index in [-0.39, 0.29) is 30.2 Å². The fraction of sp³-hybridized carbons (Fsp3) is 0.737. The Morgan fingerprint density at radius 2 is 1.71 bits per heavy atom. The Hall–Kier alpha value is -1.65. The maximum Gasteiger partial charge on any atom is 0.253 e. The van der Waals surface area contributed by atoms with Gasteiger partial charge in [-0.25, -0.2) is 0 Å². The van der Waals surface area contributed by atoms with Gasteiger partial charge in [0.05, 0.1) is 5.92 Å². The molecule has 0 N–H and O–H groups in total. The monoisotopic (exact) mass is 334 g/mol. The first-order valence-electron chi connectivity index (χ1n) is 9.20. The number of carbonyl (C=O) groups excluding carboxylic acids is 3. The Balaban J connectivity index is 1.74. The number of amides is 3. The van der Waals surface area contributed by atoms with Gasteiger partial charge in [-0.2, -0.15) is 0 Å². The molecule has 134 valence electrons. The molecule has 0 aromatic heterocycles. The van der Waals surface area contributed by atoms with E-state index in [1.165, 1.54) is 31.4 Å². The highest BCUT2D eigenvalue weighted by Gasteiger charge is 2.31. The zero-order chi connectivity index (χ0) is 17.7. The number of imide groups is 1. The van der Waals surface area contributed by atoms with Gasteiger partial charge in [0.25, 0.3) is 11.8 Å². The highest BCUT2D eigenvalue weighted by molar-refractivity contribution is 6.13. The summed E-state index contributed by atoms with van der Waals surface area (Å²) >= 11 is 0. The lowest BCUT2D eigenvalue weighted by atomic mass is 9.90. The van der Waals surface area contributed by atoms with E-state index in [2.05, 4.69) is 13.8 Å². The van der Waals surface area contributed by atoms with Gasteiger partial charge in [0.1, 0.15) is 0 Å². The van der Waals surface area contributed by atoms with Gasteiger partial charge >= 0.3 is 0 Å². The number of likely N-dealkylation sites (tertiary alicyclic amines) is 1. The molecule has 0 aromatic rings. The van der Waals surface area contributed by atoms with Gasteiger partial charge in [0, 0.05) is 31.8 Å². The average Bonchev–Trinajstić information content (AvgIpc) is 2.86. The van der Waals surface area contributed by atoms with Crippen LogP contribution in [0.1, 0.15) is 52.9 Å². The number of rotatable bonds is 7. The van der Waals surface area contributed by atoms with Crippen molar-refractivity contribution in [1.29, 1.82) is 0 Å². The van der Waals surface area contributed by atoms with Gasteiger partial charge in [-0.15, -0.1) is 0 Å². The SMILES string of the molecule is CC(C)CCCC1CCN(C(=O)C(C)CN2C(=O)C=CC2=O)CC1.